The van der Waals surface area contributed by atoms with Crippen molar-refractivity contribution < 1.29 is 13.7 Å². The van der Waals surface area contributed by atoms with E-state index in [0.29, 0.717) is 11.1 Å². The number of rotatable bonds is 3. The van der Waals surface area contributed by atoms with Crippen molar-refractivity contribution in [3.05, 3.63) is 69.5 Å². The number of hydrogen-bond acceptors (Lipinski definition) is 3. The third-order valence-corrected chi connectivity index (χ3v) is 2.38. The highest BCUT2D eigenvalue weighted by molar-refractivity contribution is 5.33. The fraction of sp³-hybridized carbons (Fsp3) is 0.0833. The second-order valence-corrected chi connectivity index (χ2v) is 3.73. The van der Waals surface area contributed by atoms with Crippen molar-refractivity contribution in [3.63, 3.8) is 0 Å². The summed E-state index contributed by atoms with van der Waals surface area (Å²) in [6.07, 6.45) is 2.84. The number of pyridine rings is 1. The summed E-state index contributed by atoms with van der Waals surface area (Å²) in [6.45, 7) is 0. The van der Waals surface area contributed by atoms with Crippen molar-refractivity contribution in [2.45, 2.75) is 6.42 Å². The van der Waals surface area contributed by atoms with E-state index in [1.54, 1.807) is 0 Å². The molecule has 92 valence electrons. The highest BCUT2D eigenvalue weighted by Gasteiger charge is 2.08. The lowest BCUT2D eigenvalue weighted by molar-refractivity contribution is -0.385. The van der Waals surface area contributed by atoms with Crippen LogP contribution in [0.2, 0.25) is 0 Å². The first-order valence-electron chi connectivity index (χ1n) is 5.08. The summed E-state index contributed by atoms with van der Waals surface area (Å²) in [5, 5.41) is 10.6. The van der Waals surface area contributed by atoms with Crippen LogP contribution in [0.15, 0.2) is 36.7 Å². The van der Waals surface area contributed by atoms with E-state index in [9.17, 15) is 18.9 Å². The van der Waals surface area contributed by atoms with E-state index in [2.05, 4.69) is 4.98 Å². The van der Waals surface area contributed by atoms with Crippen LogP contribution in [0.25, 0.3) is 0 Å². The predicted molar refractivity (Wildman–Crippen MR) is 60.1 cm³/mol. The van der Waals surface area contributed by atoms with Gasteiger partial charge >= 0.3 is 0 Å². The van der Waals surface area contributed by atoms with Crippen LogP contribution in [0.3, 0.4) is 0 Å². The molecule has 18 heavy (non-hydrogen) atoms. The predicted octanol–water partition coefficient (Wildman–Crippen LogP) is 2.86. The van der Waals surface area contributed by atoms with Gasteiger partial charge in [0.25, 0.3) is 5.69 Å². The normalized spacial score (nSPS) is 10.3. The lowest BCUT2D eigenvalue weighted by Crippen LogP contribution is -1.95. The molecule has 4 nitrogen and oxygen atoms in total. The minimum Gasteiger partial charge on any atom is -0.258 e. The van der Waals surface area contributed by atoms with Gasteiger partial charge in [-0.3, -0.25) is 15.1 Å². The Morgan fingerprint density at radius 2 is 1.89 bits per heavy atom. The summed E-state index contributed by atoms with van der Waals surface area (Å²) in [7, 11) is 0. The molecule has 0 unspecified atom stereocenters. The molecule has 1 aromatic carbocycles. The van der Waals surface area contributed by atoms with Gasteiger partial charge < -0.3 is 0 Å². The molecule has 1 heterocycles. The lowest BCUT2D eigenvalue weighted by Gasteiger charge is -2.02. The fourth-order valence-corrected chi connectivity index (χ4v) is 1.56. The molecule has 2 aromatic rings. The van der Waals surface area contributed by atoms with Crippen LogP contribution in [0.1, 0.15) is 11.1 Å². The molecule has 0 radical (unpaired) electrons. The Bertz CT molecular complexity index is 602. The van der Waals surface area contributed by atoms with Crippen molar-refractivity contribution in [2.24, 2.45) is 0 Å². The number of benzene rings is 1. The molecule has 0 aliphatic heterocycles. The first kappa shape index (κ1) is 12.1. The van der Waals surface area contributed by atoms with Crippen molar-refractivity contribution >= 4 is 5.69 Å². The van der Waals surface area contributed by atoms with Crippen LogP contribution >= 0.6 is 0 Å². The monoisotopic (exact) mass is 250 g/mol. The highest BCUT2D eigenvalue weighted by atomic mass is 19.2. The SMILES string of the molecule is O=[N+]([O-])c1cncc(Cc2ccc(F)c(F)c2)c1. The third kappa shape index (κ3) is 2.65. The van der Waals surface area contributed by atoms with E-state index >= 15 is 0 Å². The third-order valence-electron chi connectivity index (χ3n) is 2.38. The minimum atomic E-state index is -0.939. The molecule has 0 N–H and O–H groups in total. The molecule has 0 saturated carbocycles. The molecule has 0 fully saturated rings. The Hall–Kier alpha value is -2.37. The van der Waals surface area contributed by atoms with Crippen molar-refractivity contribution in [3.8, 4) is 0 Å². The van der Waals surface area contributed by atoms with E-state index in [-0.39, 0.29) is 12.1 Å². The van der Waals surface area contributed by atoms with Crippen LogP contribution < -0.4 is 0 Å². The Balaban J connectivity index is 2.25. The smallest absolute Gasteiger partial charge is 0.258 e. The second kappa shape index (κ2) is 4.87. The van der Waals surface area contributed by atoms with E-state index in [0.717, 1.165) is 18.3 Å². The molecule has 0 saturated heterocycles. The molecule has 0 spiro atoms. The Kier molecular flexibility index (Phi) is 3.27. The maximum absolute atomic E-state index is 13.0. The van der Waals surface area contributed by atoms with E-state index in [1.807, 2.05) is 0 Å². The van der Waals surface area contributed by atoms with Crippen molar-refractivity contribution in [1.29, 1.82) is 0 Å². The largest absolute Gasteiger partial charge is 0.287 e. The van der Waals surface area contributed by atoms with Gasteiger partial charge in [-0.15, -0.1) is 0 Å². The minimum absolute atomic E-state index is 0.130. The average Bonchev–Trinajstić information content (AvgIpc) is 2.34. The van der Waals surface area contributed by atoms with Crippen LogP contribution in [-0.4, -0.2) is 9.91 Å². The average molecular weight is 250 g/mol. The van der Waals surface area contributed by atoms with Crippen molar-refractivity contribution in [2.75, 3.05) is 0 Å². The lowest BCUT2D eigenvalue weighted by atomic mass is 10.1. The fourth-order valence-electron chi connectivity index (χ4n) is 1.56. The highest BCUT2D eigenvalue weighted by Crippen LogP contribution is 2.16. The molecule has 0 bridgehead atoms. The first-order valence-corrected chi connectivity index (χ1v) is 5.08. The van der Waals surface area contributed by atoms with E-state index in [4.69, 9.17) is 0 Å². The van der Waals surface area contributed by atoms with Crippen LogP contribution in [-0.2, 0) is 6.42 Å². The van der Waals surface area contributed by atoms with Gasteiger partial charge in [0.2, 0.25) is 0 Å². The summed E-state index contributed by atoms with van der Waals surface area (Å²) in [5.41, 5.74) is 0.960. The van der Waals surface area contributed by atoms with Gasteiger partial charge in [-0.2, -0.15) is 0 Å². The van der Waals surface area contributed by atoms with Gasteiger partial charge in [0, 0.05) is 12.3 Å². The summed E-state index contributed by atoms with van der Waals surface area (Å²) in [5.74, 6) is -1.86. The Labute approximate surface area is 101 Å². The van der Waals surface area contributed by atoms with Gasteiger partial charge in [0.1, 0.15) is 6.20 Å². The number of halogens is 2. The summed E-state index contributed by atoms with van der Waals surface area (Å²) in [4.78, 5) is 13.7. The molecule has 0 aliphatic carbocycles. The zero-order chi connectivity index (χ0) is 13.1. The number of aromatic nitrogens is 1. The van der Waals surface area contributed by atoms with Gasteiger partial charge in [-0.05, 0) is 29.7 Å². The van der Waals surface area contributed by atoms with Crippen LogP contribution in [0, 0.1) is 21.7 Å². The topological polar surface area (TPSA) is 56.0 Å². The Morgan fingerprint density at radius 1 is 1.11 bits per heavy atom. The molecular weight excluding hydrogens is 242 g/mol. The first-order chi connectivity index (χ1) is 8.56. The van der Waals surface area contributed by atoms with Crippen molar-refractivity contribution in [1.82, 2.24) is 4.98 Å². The molecule has 6 heteroatoms. The quantitative estimate of drug-likeness (QED) is 0.621. The number of nitrogens with zero attached hydrogens (tertiary/aromatic N) is 2. The number of hydrogen-bond donors (Lipinski definition) is 0. The molecule has 0 aliphatic rings. The molecule has 1 aromatic heterocycles. The van der Waals surface area contributed by atoms with Crippen LogP contribution in [0.4, 0.5) is 14.5 Å². The standard InChI is InChI=1S/C12H8F2N2O2/c13-11-2-1-8(5-12(11)14)3-9-4-10(16(17)18)7-15-6-9/h1-2,4-7H,3H2. The maximum Gasteiger partial charge on any atom is 0.287 e. The van der Waals surface area contributed by atoms with E-state index in [1.165, 1.54) is 18.3 Å². The Morgan fingerprint density at radius 3 is 2.56 bits per heavy atom. The summed E-state index contributed by atoms with van der Waals surface area (Å²) < 4.78 is 25.7. The maximum atomic E-state index is 13.0. The van der Waals surface area contributed by atoms with Gasteiger partial charge in [0.15, 0.2) is 11.6 Å². The molecule has 0 amide bonds. The zero-order valence-corrected chi connectivity index (χ0v) is 9.14. The summed E-state index contributed by atoms with van der Waals surface area (Å²) >= 11 is 0. The van der Waals surface area contributed by atoms with Gasteiger partial charge in [-0.25, -0.2) is 8.78 Å². The van der Waals surface area contributed by atoms with Gasteiger partial charge in [0.05, 0.1) is 4.92 Å². The zero-order valence-electron chi connectivity index (χ0n) is 9.14. The van der Waals surface area contributed by atoms with Crippen LogP contribution in [0.5, 0.6) is 0 Å². The summed E-state index contributed by atoms with van der Waals surface area (Å²) in [6, 6.07) is 4.87. The van der Waals surface area contributed by atoms with E-state index < -0.39 is 16.6 Å². The molecular formula is C12H8F2N2O2. The molecule has 2 rings (SSSR count). The van der Waals surface area contributed by atoms with Gasteiger partial charge in [-0.1, -0.05) is 6.07 Å². The molecule has 0 atom stereocenters. The number of nitro groups is 1. The second-order valence-electron chi connectivity index (χ2n) is 3.73.